The number of aromatic amines is 1. The van der Waals surface area contributed by atoms with Gasteiger partial charge in [-0.05, 0) is 54.6 Å². The van der Waals surface area contributed by atoms with Gasteiger partial charge in [-0.3, -0.25) is 4.90 Å². The van der Waals surface area contributed by atoms with Crippen molar-refractivity contribution >= 4 is 16.7 Å². The maximum absolute atomic E-state index is 4.38. The van der Waals surface area contributed by atoms with E-state index in [0.717, 1.165) is 18.9 Å². The Morgan fingerprint density at radius 1 is 1.29 bits per heavy atom. The molecule has 1 aromatic carbocycles. The van der Waals surface area contributed by atoms with Gasteiger partial charge < -0.3 is 9.88 Å². The number of fused-ring (bicyclic) bond motifs is 1. The first kappa shape index (κ1) is 15.1. The highest BCUT2D eigenvalue weighted by Crippen LogP contribution is 2.22. The summed E-state index contributed by atoms with van der Waals surface area (Å²) >= 11 is 0. The van der Waals surface area contributed by atoms with Gasteiger partial charge in [-0.25, -0.2) is 9.97 Å². The lowest BCUT2D eigenvalue weighted by Crippen LogP contribution is -2.46. The highest BCUT2D eigenvalue weighted by Gasteiger charge is 2.24. The van der Waals surface area contributed by atoms with Crippen molar-refractivity contribution in [1.82, 2.24) is 19.9 Å². The number of nitrogens with one attached hydrogen (secondary N) is 1. The zero-order chi connectivity index (χ0) is 16.4. The van der Waals surface area contributed by atoms with Crippen molar-refractivity contribution in [2.24, 2.45) is 0 Å². The number of likely N-dealkylation sites (N-methyl/N-ethyl adjacent to an activating group) is 1. The van der Waals surface area contributed by atoms with Crippen LogP contribution in [-0.4, -0.2) is 46.0 Å². The van der Waals surface area contributed by atoms with E-state index in [1.807, 2.05) is 18.5 Å². The van der Waals surface area contributed by atoms with Crippen molar-refractivity contribution < 1.29 is 0 Å². The van der Waals surface area contributed by atoms with E-state index in [0.29, 0.717) is 6.04 Å². The molecular formula is C19H23N5. The Hall–Kier alpha value is -2.40. The smallest absolute Gasteiger partial charge is 0.131 e. The van der Waals surface area contributed by atoms with E-state index in [1.165, 1.54) is 35.9 Å². The van der Waals surface area contributed by atoms with Crippen LogP contribution < -0.4 is 4.90 Å². The largest absolute Gasteiger partial charge is 0.361 e. The second-order valence-electron chi connectivity index (χ2n) is 6.61. The van der Waals surface area contributed by atoms with Gasteiger partial charge in [-0.15, -0.1) is 0 Å². The van der Waals surface area contributed by atoms with E-state index in [-0.39, 0.29) is 0 Å². The minimum absolute atomic E-state index is 0.504. The average Bonchev–Trinajstić information content (AvgIpc) is 3.10. The number of likely N-dealkylation sites (tertiary alicyclic amines) is 1. The topological polar surface area (TPSA) is 48.1 Å². The molecule has 5 nitrogen and oxygen atoms in total. The van der Waals surface area contributed by atoms with Crippen molar-refractivity contribution in [1.29, 1.82) is 0 Å². The van der Waals surface area contributed by atoms with Gasteiger partial charge in [-0.2, -0.15) is 0 Å². The van der Waals surface area contributed by atoms with Crippen LogP contribution in [0.15, 0.2) is 49.1 Å². The van der Waals surface area contributed by atoms with Crippen LogP contribution >= 0.6 is 0 Å². The summed E-state index contributed by atoms with van der Waals surface area (Å²) < 4.78 is 0. The summed E-state index contributed by atoms with van der Waals surface area (Å²) in [5.74, 6) is 1.01. The number of benzene rings is 1. The fraction of sp³-hybridized carbons (Fsp3) is 0.368. The minimum atomic E-state index is 0.504. The van der Waals surface area contributed by atoms with E-state index in [2.05, 4.69) is 56.1 Å². The van der Waals surface area contributed by atoms with Crippen LogP contribution in [0, 0.1) is 0 Å². The molecule has 1 saturated heterocycles. The molecule has 0 amide bonds. The minimum Gasteiger partial charge on any atom is -0.361 e. The molecule has 1 N–H and O–H groups in total. The van der Waals surface area contributed by atoms with E-state index in [4.69, 9.17) is 0 Å². The van der Waals surface area contributed by atoms with Gasteiger partial charge in [0, 0.05) is 44.1 Å². The first-order chi connectivity index (χ1) is 11.8. The Labute approximate surface area is 142 Å². The molecular weight excluding hydrogens is 298 g/mol. The Kier molecular flexibility index (Phi) is 4.17. The summed E-state index contributed by atoms with van der Waals surface area (Å²) in [6.45, 7) is 3.25. The molecule has 2 aromatic heterocycles. The Bertz CT molecular complexity index is 798. The molecule has 1 aliphatic heterocycles. The molecule has 1 fully saturated rings. The second-order valence-corrected chi connectivity index (χ2v) is 6.61. The fourth-order valence-electron chi connectivity index (χ4n) is 3.63. The molecule has 1 aliphatic rings. The lowest BCUT2D eigenvalue weighted by Gasteiger charge is -2.38. The van der Waals surface area contributed by atoms with Gasteiger partial charge in [-0.1, -0.05) is 6.07 Å². The Morgan fingerprint density at radius 3 is 3.12 bits per heavy atom. The number of hydrogen-bond donors (Lipinski definition) is 1. The summed E-state index contributed by atoms with van der Waals surface area (Å²) in [5.41, 5.74) is 2.59. The summed E-state index contributed by atoms with van der Waals surface area (Å²) in [6, 6.07) is 11.3. The number of anilines is 1. The molecule has 0 radical (unpaired) electrons. The van der Waals surface area contributed by atoms with Crippen molar-refractivity contribution in [3.05, 3.63) is 54.6 Å². The predicted molar refractivity (Wildman–Crippen MR) is 97.0 cm³/mol. The zero-order valence-electron chi connectivity index (χ0n) is 14.0. The van der Waals surface area contributed by atoms with Crippen LogP contribution in [0.3, 0.4) is 0 Å². The fourth-order valence-corrected chi connectivity index (χ4v) is 3.63. The number of aromatic nitrogens is 3. The second kappa shape index (κ2) is 6.61. The number of hydrogen-bond acceptors (Lipinski definition) is 4. The molecule has 1 unspecified atom stereocenters. The van der Waals surface area contributed by atoms with Crippen LogP contribution in [0.5, 0.6) is 0 Å². The first-order valence-corrected chi connectivity index (χ1v) is 8.57. The lowest BCUT2D eigenvalue weighted by molar-refractivity contribution is 0.198. The number of H-pyrrole nitrogens is 1. The Morgan fingerprint density at radius 2 is 2.25 bits per heavy atom. The van der Waals surface area contributed by atoms with E-state index < -0.39 is 0 Å². The highest BCUT2D eigenvalue weighted by molar-refractivity contribution is 5.79. The van der Waals surface area contributed by atoms with Gasteiger partial charge in [0.2, 0.25) is 0 Å². The van der Waals surface area contributed by atoms with E-state index >= 15 is 0 Å². The van der Waals surface area contributed by atoms with Crippen LogP contribution in [0.1, 0.15) is 18.4 Å². The molecule has 1 atom stereocenters. The van der Waals surface area contributed by atoms with E-state index in [9.17, 15) is 0 Å². The van der Waals surface area contributed by atoms with Crippen LogP contribution in [0.25, 0.3) is 10.9 Å². The molecule has 0 spiro atoms. The summed E-state index contributed by atoms with van der Waals surface area (Å²) in [5, 5.41) is 1.29. The third-order valence-corrected chi connectivity index (χ3v) is 4.98. The van der Waals surface area contributed by atoms with Crippen LogP contribution in [-0.2, 0) is 6.54 Å². The highest BCUT2D eigenvalue weighted by atomic mass is 15.2. The summed E-state index contributed by atoms with van der Waals surface area (Å²) in [6.07, 6.45) is 7.88. The molecule has 3 heterocycles. The molecule has 24 heavy (non-hydrogen) atoms. The van der Waals surface area contributed by atoms with Crippen LogP contribution in [0.2, 0.25) is 0 Å². The molecule has 4 rings (SSSR count). The van der Waals surface area contributed by atoms with Gasteiger partial charge in [0.05, 0.1) is 0 Å². The Balaban J connectivity index is 1.44. The number of piperidine rings is 1. The zero-order valence-corrected chi connectivity index (χ0v) is 14.0. The summed E-state index contributed by atoms with van der Waals surface area (Å²) in [7, 11) is 2.14. The normalized spacial score (nSPS) is 18.8. The van der Waals surface area contributed by atoms with Gasteiger partial charge >= 0.3 is 0 Å². The molecule has 5 heteroatoms. The predicted octanol–water partition coefficient (Wildman–Crippen LogP) is 3.06. The van der Waals surface area contributed by atoms with Crippen molar-refractivity contribution in [2.45, 2.75) is 25.4 Å². The number of nitrogens with zero attached hydrogens (tertiary/aromatic N) is 4. The maximum Gasteiger partial charge on any atom is 0.131 e. The molecule has 3 aromatic rings. The number of rotatable bonds is 4. The molecule has 0 bridgehead atoms. The quantitative estimate of drug-likeness (QED) is 0.802. The van der Waals surface area contributed by atoms with Gasteiger partial charge in [0.15, 0.2) is 0 Å². The molecule has 0 aliphatic carbocycles. The van der Waals surface area contributed by atoms with Crippen molar-refractivity contribution in [3.63, 3.8) is 0 Å². The maximum atomic E-state index is 4.38. The summed E-state index contributed by atoms with van der Waals surface area (Å²) in [4.78, 5) is 16.5. The molecule has 124 valence electrons. The SMILES string of the molecule is CN(c1ccncn1)C1CCCN(Cc2ccc3[nH]ccc3c2)C1. The van der Waals surface area contributed by atoms with E-state index in [1.54, 1.807) is 6.33 Å². The van der Waals surface area contributed by atoms with Gasteiger partial charge in [0.1, 0.15) is 12.1 Å². The van der Waals surface area contributed by atoms with Gasteiger partial charge in [0.25, 0.3) is 0 Å². The first-order valence-electron chi connectivity index (χ1n) is 8.57. The third-order valence-electron chi connectivity index (χ3n) is 4.98. The average molecular weight is 321 g/mol. The van der Waals surface area contributed by atoms with Crippen molar-refractivity contribution in [3.8, 4) is 0 Å². The third kappa shape index (κ3) is 3.12. The van der Waals surface area contributed by atoms with Crippen LogP contribution in [0.4, 0.5) is 5.82 Å². The molecule has 0 saturated carbocycles. The monoisotopic (exact) mass is 321 g/mol. The van der Waals surface area contributed by atoms with Crippen molar-refractivity contribution in [2.75, 3.05) is 25.0 Å². The standard InChI is InChI=1S/C19H23N5/c1-23(19-7-8-20-14-22-19)17-3-2-10-24(13-17)12-15-4-5-18-16(11-15)6-9-21-18/h4-9,11,14,17,21H,2-3,10,12-13H2,1H3. The lowest BCUT2D eigenvalue weighted by atomic mass is 10.0.